The Morgan fingerprint density at radius 1 is 1.28 bits per heavy atom. The second-order valence-electron chi connectivity index (χ2n) is 5.96. The normalized spacial score (nSPS) is 16.8. The van der Waals surface area contributed by atoms with Gasteiger partial charge in [0.25, 0.3) is 0 Å². The van der Waals surface area contributed by atoms with E-state index in [9.17, 15) is 4.79 Å². The molecule has 2 heterocycles. The van der Waals surface area contributed by atoms with Gasteiger partial charge in [-0.3, -0.25) is 4.98 Å². The monoisotopic (exact) mass is 341 g/mol. The van der Waals surface area contributed by atoms with Crippen LogP contribution in [0, 0.1) is 0 Å². The first-order valence-electron chi connectivity index (χ1n) is 8.52. The molecule has 2 atom stereocenters. The van der Waals surface area contributed by atoms with Crippen molar-refractivity contribution >= 4 is 6.03 Å². The van der Waals surface area contributed by atoms with Crippen molar-refractivity contribution in [1.82, 2.24) is 15.2 Å². The van der Waals surface area contributed by atoms with Crippen molar-refractivity contribution < 1.29 is 14.3 Å². The summed E-state index contributed by atoms with van der Waals surface area (Å²) in [5, 5.41) is 2.98. The molecule has 0 bridgehead atoms. The summed E-state index contributed by atoms with van der Waals surface area (Å²) in [6.45, 7) is 5.34. The molecule has 2 amide bonds. The van der Waals surface area contributed by atoms with Gasteiger partial charge in [0.1, 0.15) is 6.61 Å². The molecule has 1 aromatic heterocycles. The van der Waals surface area contributed by atoms with Crippen LogP contribution in [0.15, 0.2) is 48.7 Å². The Hall–Kier alpha value is -2.76. The standard InChI is InChI=1S/C19H23N3O3/c1-3-22(19(23)21-14(2)16-8-6-7-11-20-16)12-15-13-24-17-9-4-5-10-18(17)25-15/h4-11,14-15H,3,12-13H2,1-2H3,(H,21,23). The SMILES string of the molecule is CCN(CC1COc2ccccc2O1)C(=O)NC(C)c1ccccn1. The highest BCUT2D eigenvalue weighted by molar-refractivity contribution is 5.74. The Labute approximate surface area is 147 Å². The van der Waals surface area contributed by atoms with Crippen molar-refractivity contribution in [3.8, 4) is 11.5 Å². The Balaban J connectivity index is 1.58. The van der Waals surface area contributed by atoms with Crippen molar-refractivity contribution in [2.24, 2.45) is 0 Å². The maximum Gasteiger partial charge on any atom is 0.318 e. The first kappa shape index (κ1) is 17.1. The molecular weight excluding hydrogens is 318 g/mol. The average Bonchev–Trinajstić information content (AvgIpc) is 2.66. The predicted octanol–water partition coefficient (Wildman–Crippen LogP) is 3.01. The van der Waals surface area contributed by atoms with Crippen molar-refractivity contribution in [3.05, 3.63) is 54.4 Å². The van der Waals surface area contributed by atoms with Crippen molar-refractivity contribution in [2.45, 2.75) is 26.0 Å². The van der Waals surface area contributed by atoms with Crippen LogP contribution in [0.2, 0.25) is 0 Å². The minimum Gasteiger partial charge on any atom is -0.486 e. The molecule has 1 N–H and O–H groups in total. The molecule has 6 nitrogen and oxygen atoms in total. The molecule has 2 aromatic rings. The van der Waals surface area contributed by atoms with E-state index in [4.69, 9.17) is 9.47 Å². The Morgan fingerprint density at radius 2 is 2.04 bits per heavy atom. The van der Waals surface area contributed by atoms with E-state index >= 15 is 0 Å². The van der Waals surface area contributed by atoms with Crippen LogP contribution in [0.5, 0.6) is 11.5 Å². The predicted molar refractivity (Wildman–Crippen MR) is 94.8 cm³/mol. The number of carbonyl (C=O) groups is 1. The first-order valence-corrected chi connectivity index (χ1v) is 8.52. The van der Waals surface area contributed by atoms with Gasteiger partial charge in [0.05, 0.1) is 18.3 Å². The van der Waals surface area contributed by atoms with Gasteiger partial charge in [-0.15, -0.1) is 0 Å². The maximum absolute atomic E-state index is 12.6. The van der Waals surface area contributed by atoms with Gasteiger partial charge in [-0.2, -0.15) is 0 Å². The summed E-state index contributed by atoms with van der Waals surface area (Å²) in [6, 6.07) is 12.9. The molecule has 0 saturated heterocycles. The van der Waals surface area contributed by atoms with Crippen LogP contribution in [0.1, 0.15) is 25.6 Å². The van der Waals surface area contributed by atoms with Gasteiger partial charge in [0.2, 0.25) is 0 Å². The van der Waals surface area contributed by atoms with Crippen LogP contribution in [0.4, 0.5) is 4.79 Å². The fourth-order valence-corrected chi connectivity index (χ4v) is 2.74. The largest absolute Gasteiger partial charge is 0.486 e. The lowest BCUT2D eigenvalue weighted by Gasteiger charge is -2.31. The number of hydrogen-bond acceptors (Lipinski definition) is 4. The average molecular weight is 341 g/mol. The highest BCUT2D eigenvalue weighted by Crippen LogP contribution is 2.31. The second kappa shape index (κ2) is 7.88. The molecule has 1 aromatic carbocycles. The van der Waals surface area contributed by atoms with E-state index in [1.54, 1.807) is 11.1 Å². The van der Waals surface area contributed by atoms with Crippen molar-refractivity contribution in [3.63, 3.8) is 0 Å². The van der Waals surface area contributed by atoms with Crippen LogP contribution >= 0.6 is 0 Å². The second-order valence-corrected chi connectivity index (χ2v) is 5.96. The Bertz CT molecular complexity index is 708. The summed E-state index contributed by atoms with van der Waals surface area (Å²) >= 11 is 0. The summed E-state index contributed by atoms with van der Waals surface area (Å²) in [6.07, 6.45) is 1.53. The number of aromatic nitrogens is 1. The molecule has 6 heteroatoms. The topological polar surface area (TPSA) is 63.7 Å². The number of nitrogens with one attached hydrogen (secondary N) is 1. The van der Waals surface area contributed by atoms with E-state index in [1.807, 2.05) is 56.3 Å². The van der Waals surface area contributed by atoms with E-state index in [0.717, 1.165) is 17.2 Å². The van der Waals surface area contributed by atoms with Gasteiger partial charge < -0.3 is 19.7 Å². The highest BCUT2D eigenvalue weighted by Gasteiger charge is 2.25. The molecule has 0 aliphatic carbocycles. The molecule has 0 fully saturated rings. The molecular formula is C19H23N3O3. The van der Waals surface area contributed by atoms with Crippen LogP contribution in [-0.2, 0) is 0 Å². The van der Waals surface area contributed by atoms with E-state index in [1.165, 1.54) is 0 Å². The van der Waals surface area contributed by atoms with Crippen LogP contribution in [0.25, 0.3) is 0 Å². The third-order valence-electron chi connectivity index (χ3n) is 4.13. The fourth-order valence-electron chi connectivity index (χ4n) is 2.74. The Morgan fingerprint density at radius 3 is 2.76 bits per heavy atom. The summed E-state index contributed by atoms with van der Waals surface area (Å²) < 4.78 is 11.7. The third kappa shape index (κ3) is 4.21. The molecule has 0 radical (unpaired) electrons. The van der Waals surface area contributed by atoms with Gasteiger partial charge in [0.15, 0.2) is 17.6 Å². The molecule has 2 unspecified atom stereocenters. The number of pyridine rings is 1. The lowest BCUT2D eigenvalue weighted by atomic mass is 10.2. The zero-order valence-electron chi connectivity index (χ0n) is 14.5. The van der Waals surface area contributed by atoms with E-state index in [2.05, 4.69) is 10.3 Å². The minimum atomic E-state index is -0.189. The molecule has 25 heavy (non-hydrogen) atoms. The van der Waals surface area contributed by atoms with Crippen molar-refractivity contribution in [2.75, 3.05) is 19.7 Å². The number of ether oxygens (including phenoxy) is 2. The van der Waals surface area contributed by atoms with Gasteiger partial charge in [-0.25, -0.2) is 4.79 Å². The van der Waals surface area contributed by atoms with Gasteiger partial charge in [0, 0.05) is 12.7 Å². The first-order chi connectivity index (χ1) is 12.2. The van der Waals surface area contributed by atoms with Gasteiger partial charge in [-0.1, -0.05) is 18.2 Å². The molecule has 132 valence electrons. The minimum absolute atomic E-state index is 0.136. The van der Waals surface area contributed by atoms with Gasteiger partial charge in [-0.05, 0) is 38.1 Å². The quantitative estimate of drug-likeness (QED) is 0.908. The summed E-state index contributed by atoms with van der Waals surface area (Å²) in [7, 11) is 0. The maximum atomic E-state index is 12.6. The number of hydrogen-bond donors (Lipinski definition) is 1. The smallest absolute Gasteiger partial charge is 0.318 e. The fraction of sp³-hybridized carbons (Fsp3) is 0.368. The molecule has 1 aliphatic rings. The van der Waals surface area contributed by atoms with Crippen LogP contribution in [-0.4, -0.2) is 41.7 Å². The van der Waals surface area contributed by atoms with E-state index < -0.39 is 0 Å². The summed E-state index contributed by atoms with van der Waals surface area (Å²) in [4.78, 5) is 18.6. The molecule has 1 aliphatic heterocycles. The highest BCUT2D eigenvalue weighted by atomic mass is 16.6. The lowest BCUT2D eigenvalue weighted by molar-refractivity contribution is 0.0672. The molecule has 0 saturated carbocycles. The number of carbonyl (C=O) groups excluding carboxylic acids is 1. The lowest BCUT2D eigenvalue weighted by Crippen LogP contribution is -2.47. The number of urea groups is 1. The van der Waals surface area contributed by atoms with Crippen LogP contribution < -0.4 is 14.8 Å². The molecule has 0 spiro atoms. The van der Waals surface area contributed by atoms with Gasteiger partial charge >= 0.3 is 6.03 Å². The number of fused-ring (bicyclic) bond motifs is 1. The number of rotatable bonds is 5. The number of likely N-dealkylation sites (N-methyl/N-ethyl adjacent to an activating group) is 1. The number of benzene rings is 1. The summed E-state index contributed by atoms with van der Waals surface area (Å²) in [5.74, 6) is 1.46. The van der Waals surface area contributed by atoms with Crippen LogP contribution in [0.3, 0.4) is 0 Å². The molecule has 3 rings (SSSR count). The van der Waals surface area contributed by atoms with E-state index in [0.29, 0.717) is 19.7 Å². The number of amides is 2. The van der Waals surface area contributed by atoms with Crippen molar-refractivity contribution in [1.29, 1.82) is 0 Å². The number of nitrogens with zero attached hydrogens (tertiary/aromatic N) is 2. The summed E-state index contributed by atoms with van der Waals surface area (Å²) in [5.41, 5.74) is 0.832. The third-order valence-corrected chi connectivity index (χ3v) is 4.13. The number of para-hydroxylation sites is 2. The zero-order valence-corrected chi connectivity index (χ0v) is 14.5. The Kier molecular flexibility index (Phi) is 5.38. The van der Waals surface area contributed by atoms with E-state index in [-0.39, 0.29) is 18.2 Å². The zero-order chi connectivity index (χ0) is 17.6.